The zero-order valence-electron chi connectivity index (χ0n) is 18.0. The number of hydrogen-bond donors (Lipinski definition) is 1. The third-order valence-electron chi connectivity index (χ3n) is 5.42. The molecule has 1 heterocycles. The fourth-order valence-electron chi connectivity index (χ4n) is 3.52. The van der Waals surface area contributed by atoms with E-state index in [2.05, 4.69) is 0 Å². The average Bonchev–Trinajstić information content (AvgIpc) is 2.80. The quantitative estimate of drug-likeness (QED) is 0.697. The first-order chi connectivity index (χ1) is 15.0. The van der Waals surface area contributed by atoms with Crippen LogP contribution in [0.1, 0.15) is 11.1 Å². The van der Waals surface area contributed by atoms with Crippen LogP contribution in [0.4, 0.5) is 4.79 Å². The van der Waals surface area contributed by atoms with Gasteiger partial charge in [-0.05, 0) is 35.4 Å². The summed E-state index contributed by atoms with van der Waals surface area (Å²) in [5.41, 5.74) is 2.02. The first-order valence-corrected chi connectivity index (χ1v) is 10.2. The van der Waals surface area contributed by atoms with E-state index in [0.717, 1.165) is 22.6 Å². The number of benzene rings is 2. The van der Waals surface area contributed by atoms with Crippen molar-refractivity contribution in [1.29, 1.82) is 0 Å². The van der Waals surface area contributed by atoms with Gasteiger partial charge in [0.05, 0.1) is 20.8 Å². The van der Waals surface area contributed by atoms with Gasteiger partial charge >= 0.3 is 6.09 Å². The minimum absolute atomic E-state index is 0.00964. The van der Waals surface area contributed by atoms with Crippen LogP contribution >= 0.6 is 0 Å². The summed E-state index contributed by atoms with van der Waals surface area (Å²) >= 11 is 0. The first-order valence-electron chi connectivity index (χ1n) is 10.2. The van der Waals surface area contributed by atoms with E-state index in [4.69, 9.17) is 14.6 Å². The zero-order valence-corrected chi connectivity index (χ0v) is 18.0. The van der Waals surface area contributed by atoms with Crippen molar-refractivity contribution < 1.29 is 24.2 Å². The van der Waals surface area contributed by atoms with Gasteiger partial charge < -0.3 is 24.4 Å². The smallest absolute Gasteiger partial charge is 0.407 e. The molecule has 0 saturated carbocycles. The number of rotatable bonds is 8. The molecule has 0 atom stereocenters. The van der Waals surface area contributed by atoms with Gasteiger partial charge in [0.1, 0.15) is 11.5 Å². The van der Waals surface area contributed by atoms with Gasteiger partial charge in [0.15, 0.2) is 0 Å². The molecule has 1 N–H and O–H groups in total. The molecular weight excluding hydrogens is 398 g/mol. The summed E-state index contributed by atoms with van der Waals surface area (Å²) in [6.07, 6.45) is -0.911. The van der Waals surface area contributed by atoms with E-state index in [1.807, 2.05) is 58.3 Å². The van der Waals surface area contributed by atoms with Gasteiger partial charge in [0.2, 0.25) is 5.91 Å². The topological polar surface area (TPSA) is 82.6 Å². The number of methoxy groups -OCH3 is 2. The summed E-state index contributed by atoms with van der Waals surface area (Å²) in [4.78, 5) is 29.5. The Bertz CT molecular complexity index is 812. The molecule has 2 amide bonds. The lowest BCUT2D eigenvalue weighted by Gasteiger charge is -2.34. The maximum atomic E-state index is 13.2. The van der Waals surface area contributed by atoms with Crippen molar-refractivity contribution in [2.75, 3.05) is 46.9 Å². The molecule has 0 bridgehead atoms. The summed E-state index contributed by atoms with van der Waals surface area (Å²) in [5.74, 6) is 1.55. The lowest BCUT2D eigenvalue weighted by molar-refractivity contribution is -0.134. The second kappa shape index (κ2) is 10.7. The number of amides is 2. The highest BCUT2D eigenvalue weighted by atomic mass is 16.5. The summed E-state index contributed by atoms with van der Waals surface area (Å²) in [7, 11) is 3.25. The van der Waals surface area contributed by atoms with Crippen LogP contribution in [0.15, 0.2) is 48.5 Å². The summed E-state index contributed by atoms with van der Waals surface area (Å²) in [5, 5.41) is 9.11. The zero-order chi connectivity index (χ0) is 22.2. The van der Waals surface area contributed by atoms with Gasteiger partial charge in [0.25, 0.3) is 0 Å². The highest BCUT2D eigenvalue weighted by Crippen LogP contribution is 2.17. The number of ether oxygens (including phenoxy) is 2. The molecule has 0 unspecified atom stereocenters. The van der Waals surface area contributed by atoms with Gasteiger partial charge in [-0.3, -0.25) is 9.69 Å². The molecule has 1 saturated heterocycles. The molecule has 0 spiro atoms. The Morgan fingerprint density at radius 3 is 1.68 bits per heavy atom. The molecule has 0 aromatic heterocycles. The fourth-order valence-corrected chi connectivity index (χ4v) is 3.52. The number of hydrogen-bond acceptors (Lipinski definition) is 5. The highest BCUT2D eigenvalue weighted by molar-refractivity contribution is 5.78. The Balaban J connectivity index is 1.68. The van der Waals surface area contributed by atoms with Crippen LogP contribution in [0.2, 0.25) is 0 Å². The van der Waals surface area contributed by atoms with Crippen molar-refractivity contribution in [3.05, 3.63) is 59.7 Å². The number of piperazine rings is 1. The number of carboxylic acid groups (broad SMARTS) is 1. The normalized spacial score (nSPS) is 14.2. The minimum Gasteiger partial charge on any atom is -0.497 e. The summed E-state index contributed by atoms with van der Waals surface area (Å²) in [6, 6.07) is 15.4. The van der Waals surface area contributed by atoms with E-state index in [-0.39, 0.29) is 12.5 Å². The minimum atomic E-state index is -0.911. The monoisotopic (exact) mass is 427 g/mol. The van der Waals surface area contributed by atoms with Crippen LogP contribution in [-0.2, 0) is 17.9 Å². The van der Waals surface area contributed by atoms with Crippen molar-refractivity contribution in [1.82, 2.24) is 14.7 Å². The van der Waals surface area contributed by atoms with Crippen molar-refractivity contribution >= 4 is 12.0 Å². The summed E-state index contributed by atoms with van der Waals surface area (Å²) in [6.45, 7) is 3.15. The Morgan fingerprint density at radius 1 is 0.839 bits per heavy atom. The molecule has 1 aliphatic rings. The maximum Gasteiger partial charge on any atom is 0.407 e. The van der Waals surface area contributed by atoms with E-state index in [9.17, 15) is 9.59 Å². The van der Waals surface area contributed by atoms with Gasteiger partial charge in [0, 0.05) is 39.3 Å². The van der Waals surface area contributed by atoms with Gasteiger partial charge in [-0.25, -0.2) is 4.79 Å². The molecule has 8 nitrogen and oxygen atoms in total. The molecule has 1 aliphatic heterocycles. The average molecular weight is 428 g/mol. The van der Waals surface area contributed by atoms with Gasteiger partial charge in [-0.2, -0.15) is 0 Å². The first kappa shape index (κ1) is 22.4. The van der Waals surface area contributed by atoms with Crippen molar-refractivity contribution in [3.8, 4) is 11.5 Å². The Hall–Kier alpha value is -3.26. The lowest BCUT2D eigenvalue weighted by Crippen LogP contribution is -2.51. The largest absolute Gasteiger partial charge is 0.497 e. The molecular formula is C23H29N3O5. The van der Waals surface area contributed by atoms with E-state index < -0.39 is 6.09 Å². The van der Waals surface area contributed by atoms with E-state index in [0.29, 0.717) is 39.3 Å². The second-order valence-electron chi connectivity index (χ2n) is 7.49. The van der Waals surface area contributed by atoms with Crippen LogP contribution in [0, 0.1) is 0 Å². The predicted molar refractivity (Wildman–Crippen MR) is 116 cm³/mol. The molecule has 166 valence electrons. The van der Waals surface area contributed by atoms with E-state index >= 15 is 0 Å². The van der Waals surface area contributed by atoms with Crippen molar-refractivity contribution in [2.24, 2.45) is 0 Å². The standard InChI is InChI=1S/C23H29N3O5/c1-30-20-7-3-18(4-8-20)15-26(16-19-5-9-21(31-2)10-6-19)22(27)17-24-11-13-25(14-12-24)23(28)29/h3-10H,11-17H2,1-2H3,(H,28,29). The highest BCUT2D eigenvalue weighted by Gasteiger charge is 2.24. The van der Waals surface area contributed by atoms with Crippen LogP contribution < -0.4 is 9.47 Å². The maximum absolute atomic E-state index is 13.2. The van der Waals surface area contributed by atoms with E-state index in [1.165, 1.54) is 4.90 Å². The molecule has 3 rings (SSSR count). The molecule has 2 aromatic carbocycles. The molecule has 31 heavy (non-hydrogen) atoms. The third-order valence-corrected chi connectivity index (χ3v) is 5.42. The Kier molecular flexibility index (Phi) is 7.72. The SMILES string of the molecule is COc1ccc(CN(Cc2ccc(OC)cc2)C(=O)CN2CCN(C(=O)O)CC2)cc1. The van der Waals surface area contributed by atoms with Crippen LogP contribution in [0.25, 0.3) is 0 Å². The molecule has 8 heteroatoms. The number of nitrogens with zero attached hydrogens (tertiary/aromatic N) is 3. The third kappa shape index (κ3) is 6.36. The van der Waals surface area contributed by atoms with Gasteiger partial charge in [-0.15, -0.1) is 0 Å². The van der Waals surface area contributed by atoms with Crippen molar-refractivity contribution in [3.63, 3.8) is 0 Å². The molecule has 0 aliphatic carbocycles. The fraction of sp³-hybridized carbons (Fsp3) is 0.391. The Labute approximate surface area is 182 Å². The van der Waals surface area contributed by atoms with Gasteiger partial charge in [-0.1, -0.05) is 24.3 Å². The molecule has 2 aromatic rings. The molecule has 0 radical (unpaired) electrons. The number of carbonyl (C=O) groups is 2. The van der Waals surface area contributed by atoms with Crippen LogP contribution in [-0.4, -0.2) is 78.8 Å². The van der Waals surface area contributed by atoms with E-state index in [1.54, 1.807) is 14.2 Å². The Morgan fingerprint density at radius 2 is 1.29 bits per heavy atom. The number of carbonyl (C=O) groups excluding carboxylic acids is 1. The second-order valence-corrected chi connectivity index (χ2v) is 7.49. The van der Waals surface area contributed by atoms with Crippen molar-refractivity contribution in [2.45, 2.75) is 13.1 Å². The van der Waals surface area contributed by atoms with Crippen LogP contribution in [0.3, 0.4) is 0 Å². The lowest BCUT2D eigenvalue weighted by atomic mass is 10.1. The summed E-state index contributed by atoms with van der Waals surface area (Å²) < 4.78 is 10.4. The van der Waals surface area contributed by atoms with Crippen LogP contribution in [0.5, 0.6) is 11.5 Å². The molecule has 1 fully saturated rings. The predicted octanol–water partition coefficient (Wildman–Crippen LogP) is 2.53.